The minimum Gasteiger partial charge on any atom is -0.480 e. The first kappa shape index (κ1) is 15.0. The van der Waals surface area contributed by atoms with Crippen molar-refractivity contribution in [2.45, 2.75) is 32.4 Å². The first-order valence-corrected chi connectivity index (χ1v) is 6.81. The molecule has 112 valence electrons. The number of carbonyl (C=O) groups excluding carboxylic acids is 2. The van der Waals surface area contributed by atoms with Gasteiger partial charge in [0.1, 0.15) is 6.54 Å². The fourth-order valence-electron chi connectivity index (χ4n) is 2.56. The summed E-state index contributed by atoms with van der Waals surface area (Å²) >= 11 is 0. The zero-order valence-corrected chi connectivity index (χ0v) is 12.0. The largest absolute Gasteiger partial charge is 0.480 e. The Labute approximate surface area is 123 Å². The molecular weight excluding hydrogens is 272 g/mol. The number of hydrogen-bond acceptors (Lipinski definition) is 3. The number of carbonyl (C=O) groups is 3. The predicted molar refractivity (Wildman–Crippen MR) is 75.5 cm³/mol. The van der Waals surface area contributed by atoms with E-state index in [1.165, 1.54) is 4.90 Å². The highest BCUT2D eigenvalue weighted by Crippen LogP contribution is 2.31. The van der Waals surface area contributed by atoms with Crippen LogP contribution in [0.4, 0.5) is 4.79 Å². The van der Waals surface area contributed by atoms with Crippen LogP contribution in [0.25, 0.3) is 0 Å². The summed E-state index contributed by atoms with van der Waals surface area (Å²) in [5.74, 6) is -1.37. The summed E-state index contributed by atoms with van der Waals surface area (Å²) in [4.78, 5) is 38.1. The highest BCUT2D eigenvalue weighted by molar-refractivity contribution is 5.98. The van der Waals surface area contributed by atoms with Crippen molar-refractivity contribution in [1.82, 2.24) is 9.80 Å². The minimum atomic E-state index is -1.10. The molecule has 1 aromatic rings. The van der Waals surface area contributed by atoms with Gasteiger partial charge in [-0.2, -0.15) is 0 Å². The first-order valence-electron chi connectivity index (χ1n) is 6.81. The number of aliphatic carboxylic acids is 1. The van der Waals surface area contributed by atoms with Gasteiger partial charge in [-0.1, -0.05) is 30.3 Å². The van der Waals surface area contributed by atoms with Crippen LogP contribution < -0.4 is 0 Å². The van der Waals surface area contributed by atoms with E-state index in [-0.39, 0.29) is 18.4 Å². The van der Waals surface area contributed by atoms with Crippen molar-refractivity contribution in [2.24, 2.45) is 0 Å². The van der Waals surface area contributed by atoms with Gasteiger partial charge in [0.2, 0.25) is 5.91 Å². The second-order valence-electron chi connectivity index (χ2n) is 5.29. The molecule has 1 N–H and O–H groups in total. The minimum absolute atomic E-state index is 0.0984. The van der Waals surface area contributed by atoms with Crippen LogP contribution in [0.5, 0.6) is 0 Å². The lowest BCUT2D eigenvalue weighted by Gasteiger charge is -2.41. The van der Waals surface area contributed by atoms with Gasteiger partial charge >= 0.3 is 12.0 Å². The molecule has 0 saturated carbocycles. The van der Waals surface area contributed by atoms with Crippen LogP contribution in [0.2, 0.25) is 0 Å². The molecule has 0 radical (unpaired) electrons. The summed E-state index contributed by atoms with van der Waals surface area (Å²) in [7, 11) is 0. The van der Waals surface area contributed by atoms with Crippen LogP contribution in [0, 0.1) is 0 Å². The van der Waals surface area contributed by atoms with Gasteiger partial charge < -0.3 is 10.0 Å². The topological polar surface area (TPSA) is 77.9 Å². The number of benzene rings is 1. The number of imide groups is 1. The zero-order chi connectivity index (χ0) is 15.6. The Morgan fingerprint density at radius 1 is 1.29 bits per heavy atom. The Morgan fingerprint density at radius 2 is 1.90 bits per heavy atom. The molecule has 1 aliphatic rings. The molecule has 6 nitrogen and oxygen atoms in total. The third-order valence-electron chi connectivity index (χ3n) is 3.47. The number of rotatable bonds is 4. The molecule has 0 bridgehead atoms. The summed E-state index contributed by atoms with van der Waals surface area (Å²) in [5.41, 5.74) is 0.767. The average molecular weight is 290 g/mol. The third kappa shape index (κ3) is 3.04. The Hall–Kier alpha value is -2.37. The van der Waals surface area contributed by atoms with E-state index < -0.39 is 24.6 Å². The SMILES string of the molecule is CC(C)N1C(=O)CC(c2ccccc2)N(CC(=O)O)C1=O. The monoisotopic (exact) mass is 290 g/mol. The van der Waals surface area contributed by atoms with Gasteiger partial charge in [-0.05, 0) is 19.4 Å². The summed E-state index contributed by atoms with van der Waals surface area (Å²) in [5, 5.41) is 9.04. The van der Waals surface area contributed by atoms with Crippen LogP contribution in [0.15, 0.2) is 30.3 Å². The van der Waals surface area contributed by atoms with E-state index in [0.717, 1.165) is 10.5 Å². The molecule has 1 fully saturated rings. The molecule has 0 aromatic heterocycles. The number of carboxylic acid groups (broad SMARTS) is 1. The lowest BCUT2D eigenvalue weighted by Crippen LogP contribution is -2.56. The van der Waals surface area contributed by atoms with Crippen LogP contribution >= 0.6 is 0 Å². The summed E-state index contributed by atoms with van der Waals surface area (Å²) in [6.07, 6.45) is 0.0984. The van der Waals surface area contributed by atoms with Gasteiger partial charge in [0.05, 0.1) is 12.5 Å². The molecule has 1 aromatic carbocycles. The molecule has 6 heteroatoms. The van der Waals surface area contributed by atoms with Crippen LogP contribution in [-0.2, 0) is 9.59 Å². The molecule has 21 heavy (non-hydrogen) atoms. The first-order chi connectivity index (χ1) is 9.91. The molecule has 1 heterocycles. The van der Waals surface area contributed by atoms with E-state index in [4.69, 9.17) is 5.11 Å². The highest BCUT2D eigenvalue weighted by Gasteiger charge is 2.41. The van der Waals surface area contributed by atoms with E-state index in [9.17, 15) is 14.4 Å². The second kappa shape index (κ2) is 5.95. The Bertz CT molecular complexity index is 556. The molecule has 2 rings (SSSR count). The summed E-state index contributed by atoms with van der Waals surface area (Å²) in [6, 6.07) is 7.66. The second-order valence-corrected chi connectivity index (χ2v) is 5.29. The maximum Gasteiger partial charge on any atom is 0.328 e. The van der Waals surface area contributed by atoms with Gasteiger partial charge in [-0.15, -0.1) is 0 Å². The van der Waals surface area contributed by atoms with E-state index in [0.29, 0.717) is 0 Å². The maximum absolute atomic E-state index is 12.5. The van der Waals surface area contributed by atoms with Crippen LogP contribution in [-0.4, -0.2) is 45.4 Å². The summed E-state index contributed by atoms with van der Waals surface area (Å²) < 4.78 is 0. The molecule has 0 spiro atoms. The van der Waals surface area contributed by atoms with E-state index in [2.05, 4.69) is 0 Å². The van der Waals surface area contributed by atoms with Crippen LogP contribution in [0.1, 0.15) is 31.9 Å². The van der Waals surface area contributed by atoms with Gasteiger partial charge in [0.25, 0.3) is 0 Å². The number of nitrogens with zero attached hydrogens (tertiary/aromatic N) is 2. The van der Waals surface area contributed by atoms with Crippen molar-refractivity contribution in [3.05, 3.63) is 35.9 Å². The Balaban J connectivity index is 2.37. The number of amides is 3. The number of hydrogen-bond donors (Lipinski definition) is 1. The van der Waals surface area contributed by atoms with Gasteiger partial charge in [0.15, 0.2) is 0 Å². The lowest BCUT2D eigenvalue weighted by molar-refractivity contribution is -0.142. The number of urea groups is 1. The highest BCUT2D eigenvalue weighted by atomic mass is 16.4. The fourth-order valence-corrected chi connectivity index (χ4v) is 2.56. The smallest absolute Gasteiger partial charge is 0.328 e. The standard InChI is InChI=1S/C15H18N2O4/c1-10(2)17-13(18)8-12(11-6-4-3-5-7-11)16(15(17)21)9-14(19)20/h3-7,10,12H,8-9H2,1-2H3,(H,19,20). The van der Waals surface area contributed by atoms with Gasteiger partial charge in [-0.3, -0.25) is 14.5 Å². The van der Waals surface area contributed by atoms with Crippen LogP contribution in [0.3, 0.4) is 0 Å². The van der Waals surface area contributed by atoms with Crippen molar-refractivity contribution in [1.29, 1.82) is 0 Å². The maximum atomic E-state index is 12.5. The normalized spacial score (nSPS) is 19.3. The number of carboxylic acids is 1. The Kier molecular flexibility index (Phi) is 4.26. The lowest BCUT2D eigenvalue weighted by atomic mass is 9.98. The fraction of sp³-hybridized carbons (Fsp3) is 0.400. The van der Waals surface area contributed by atoms with Crippen molar-refractivity contribution < 1.29 is 19.5 Å². The molecule has 1 aliphatic heterocycles. The molecule has 1 atom stereocenters. The quantitative estimate of drug-likeness (QED) is 0.918. The Morgan fingerprint density at radius 3 is 2.43 bits per heavy atom. The average Bonchev–Trinajstić information content (AvgIpc) is 2.42. The molecule has 1 saturated heterocycles. The summed E-state index contributed by atoms with van der Waals surface area (Å²) in [6.45, 7) is 3.05. The molecule has 3 amide bonds. The van der Waals surface area contributed by atoms with Crippen molar-refractivity contribution >= 4 is 17.9 Å². The van der Waals surface area contributed by atoms with E-state index in [1.54, 1.807) is 38.1 Å². The third-order valence-corrected chi connectivity index (χ3v) is 3.47. The van der Waals surface area contributed by atoms with Crippen molar-refractivity contribution in [3.8, 4) is 0 Å². The predicted octanol–water partition coefficient (Wildman–Crippen LogP) is 1.88. The van der Waals surface area contributed by atoms with E-state index >= 15 is 0 Å². The van der Waals surface area contributed by atoms with Crippen molar-refractivity contribution in [2.75, 3.05) is 6.54 Å². The molecule has 1 unspecified atom stereocenters. The zero-order valence-electron chi connectivity index (χ0n) is 12.0. The molecule has 0 aliphatic carbocycles. The van der Waals surface area contributed by atoms with Gasteiger partial charge in [-0.25, -0.2) is 4.79 Å². The van der Waals surface area contributed by atoms with Gasteiger partial charge in [0, 0.05) is 6.04 Å². The van der Waals surface area contributed by atoms with Crippen molar-refractivity contribution in [3.63, 3.8) is 0 Å². The molecular formula is C15H18N2O4. The van der Waals surface area contributed by atoms with E-state index in [1.807, 2.05) is 6.07 Å².